The molecule has 0 saturated carbocycles. The van der Waals surface area contributed by atoms with E-state index >= 15 is 0 Å². The molecule has 96 valence electrons. The first kappa shape index (κ1) is 15.9. The number of aldehydes is 1. The smallest absolute Gasteiger partial charge is 0.150 e. The summed E-state index contributed by atoms with van der Waals surface area (Å²) >= 11 is 0. The van der Waals surface area contributed by atoms with Crippen LogP contribution in [-0.2, 0) is 6.54 Å². The number of nitrogens with zero attached hydrogens (tertiary/aromatic N) is 1. The quantitative estimate of drug-likeness (QED) is 0.734. The molecule has 0 aliphatic heterocycles. The fourth-order valence-corrected chi connectivity index (χ4v) is 1.49. The summed E-state index contributed by atoms with van der Waals surface area (Å²) in [6, 6.07) is 5.55. The second-order valence-corrected chi connectivity index (χ2v) is 4.07. The number of benzene rings is 1. The topological polar surface area (TPSA) is 29.5 Å². The fourth-order valence-electron chi connectivity index (χ4n) is 1.49. The average Bonchev–Trinajstić information content (AvgIpc) is 2.26. The molecule has 1 aromatic carbocycles. The predicted molar refractivity (Wildman–Crippen MR) is 72.3 cm³/mol. The van der Waals surface area contributed by atoms with Gasteiger partial charge in [-0.25, -0.2) is 0 Å². The highest BCUT2D eigenvalue weighted by atomic mass is 35.5. The van der Waals surface area contributed by atoms with Crippen LogP contribution < -0.4 is 4.74 Å². The van der Waals surface area contributed by atoms with Gasteiger partial charge in [0.25, 0.3) is 0 Å². The molecular weight excluding hydrogens is 238 g/mol. The van der Waals surface area contributed by atoms with E-state index in [0.29, 0.717) is 12.2 Å². The van der Waals surface area contributed by atoms with Gasteiger partial charge in [-0.1, -0.05) is 6.92 Å². The van der Waals surface area contributed by atoms with Gasteiger partial charge in [0.2, 0.25) is 0 Å². The molecule has 1 aromatic rings. The van der Waals surface area contributed by atoms with Gasteiger partial charge >= 0.3 is 0 Å². The maximum atomic E-state index is 10.7. The maximum absolute atomic E-state index is 10.7. The summed E-state index contributed by atoms with van der Waals surface area (Å²) in [7, 11) is 3.99. The Bertz CT molecular complexity index is 353. The summed E-state index contributed by atoms with van der Waals surface area (Å²) in [5.41, 5.74) is 1.75. The van der Waals surface area contributed by atoms with Crippen LogP contribution in [-0.4, -0.2) is 31.9 Å². The van der Waals surface area contributed by atoms with Gasteiger partial charge in [0.1, 0.15) is 12.0 Å². The van der Waals surface area contributed by atoms with Crippen LogP contribution in [0.1, 0.15) is 29.3 Å². The van der Waals surface area contributed by atoms with E-state index in [4.69, 9.17) is 4.74 Å². The van der Waals surface area contributed by atoms with Crippen LogP contribution in [0.5, 0.6) is 5.75 Å². The molecule has 0 aliphatic carbocycles. The number of hydrogen-bond donors (Lipinski definition) is 0. The standard InChI is InChI=1S/C13H19NO2.ClH/c1-4-7-16-13-6-5-11(10-15)8-12(13)9-14(2)3;/h5-6,8,10H,4,7,9H2,1-3H3;1H. The number of halogens is 1. The van der Waals surface area contributed by atoms with Crippen molar-refractivity contribution in [1.82, 2.24) is 4.90 Å². The van der Waals surface area contributed by atoms with E-state index in [2.05, 4.69) is 11.8 Å². The molecule has 0 amide bonds. The second kappa shape index (κ2) is 8.09. The monoisotopic (exact) mass is 257 g/mol. The third kappa shape index (κ3) is 5.20. The first-order chi connectivity index (χ1) is 7.67. The molecular formula is C13H20ClNO2. The van der Waals surface area contributed by atoms with Crippen LogP contribution in [0.25, 0.3) is 0 Å². The van der Waals surface area contributed by atoms with Crippen LogP contribution >= 0.6 is 12.4 Å². The van der Waals surface area contributed by atoms with Crippen molar-refractivity contribution < 1.29 is 9.53 Å². The Morgan fingerprint density at radius 1 is 1.35 bits per heavy atom. The van der Waals surface area contributed by atoms with E-state index in [1.54, 1.807) is 6.07 Å². The number of rotatable bonds is 6. The summed E-state index contributed by atoms with van der Waals surface area (Å²) < 4.78 is 5.64. The lowest BCUT2D eigenvalue weighted by Gasteiger charge is -2.15. The van der Waals surface area contributed by atoms with Gasteiger partial charge in [-0.2, -0.15) is 0 Å². The Morgan fingerprint density at radius 2 is 2.06 bits per heavy atom. The summed E-state index contributed by atoms with van der Waals surface area (Å²) in [4.78, 5) is 12.8. The predicted octanol–water partition coefficient (Wildman–Crippen LogP) is 2.77. The van der Waals surface area contributed by atoms with Crippen LogP contribution in [0.3, 0.4) is 0 Å². The van der Waals surface area contributed by atoms with E-state index < -0.39 is 0 Å². The highest BCUT2D eigenvalue weighted by Crippen LogP contribution is 2.21. The molecule has 4 heteroatoms. The van der Waals surface area contributed by atoms with Crippen LogP contribution in [0.2, 0.25) is 0 Å². The third-order valence-corrected chi connectivity index (χ3v) is 2.17. The molecule has 0 heterocycles. The van der Waals surface area contributed by atoms with Gasteiger partial charge in [0, 0.05) is 17.7 Å². The molecule has 17 heavy (non-hydrogen) atoms. The molecule has 0 bridgehead atoms. The Hall–Kier alpha value is -1.06. The largest absolute Gasteiger partial charge is 0.493 e. The molecule has 3 nitrogen and oxygen atoms in total. The number of carbonyl (C=O) groups excluding carboxylic acids is 1. The van der Waals surface area contributed by atoms with Gasteiger partial charge in [0.15, 0.2) is 0 Å². The van der Waals surface area contributed by atoms with Crippen molar-refractivity contribution in [3.8, 4) is 5.75 Å². The molecule has 0 unspecified atom stereocenters. The Labute approximate surface area is 109 Å². The summed E-state index contributed by atoms with van der Waals surface area (Å²) in [5, 5.41) is 0. The summed E-state index contributed by atoms with van der Waals surface area (Å²) in [6.45, 7) is 3.56. The second-order valence-electron chi connectivity index (χ2n) is 4.07. The minimum atomic E-state index is 0. The van der Waals surface area contributed by atoms with Gasteiger partial charge in [-0.05, 0) is 38.7 Å². The first-order valence-corrected chi connectivity index (χ1v) is 5.53. The SMILES string of the molecule is CCCOc1ccc(C=O)cc1CN(C)C.Cl. The third-order valence-electron chi connectivity index (χ3n) is 2.17. The normalized spacial score (nSPS) is 9.88. The first-order valence-electron chi connectivity index (χ1n) is 5.53. The highest BCUT2D eigenvalue weighted by molar-refractivity contribution is 5.85. The Kier molecular flexibility index (Phi) is 7.59. The zero-order valence-corrected chi connectivity index (χ0v) is 11.4. The van der Waals surface area contributed by atoms with Crippen LogP contribution in [0.15, 0.2) is 18.2 Å². The minimum Gasteiger partial charge on any atom is -0.493 e. The van der Waals surface area contributed by atoms with Gasteiger partial charge in [0.05, 0.1) is 6.61 Å². The van der Waals surface area contributed by atoms with E-state index in [9.17, 15) is 4.79 Å². The van der Waals surface area contributed by atoms with Crippen molar-refractivity contribution >= 4 is 18.7 Å². The maximum Gasteiger partial charge on any atom is 0.150 e. The van der Waals surface area contributed by atoms with Crippen molar-refractivity contribution in [2.45, 2.75) is 19.9 Å². The van der Waals surface area contributed by atoms with Crippen molar-refractivity contribution in [1.29, 1.82) is 0 Å². The molecule has 0 radical (unpaired) electrons. The van der Waals surface area contributed by atoms with Crippen molar-refractivity contribution in [3.05, 3.63) is 29.3 Å². The van der Waals surface area contributed by atoms with E-state index in [-0.39, 0.29) is 12.4 Å². The molecule has 0 spiro atoms. The molecule has 1 rings (SSSR count). The van der Waals surface area contributed by atoms with Crippen molar-refractivity contribution in [3.63, 3.8) is 0 Å². The fraction of sp³-hybridized carbons (Fsp3) is 0.462. The van der Waals surface area contributed by atoms with Crippen molar-refractivity contribution in [2.75, 3.05) is 20.7 Å². The lowest BCUT2D eigenvalue weighted by Crippen LogP contribution is -2.12. The molecule has 0 atom stereocenters. The van der Waals surface area contributed by atoms with Crippen LogP contribution in [0.4, 0.5) is 0 Å². The van der Waals surface area contributed by atoms with Gasteiger partial charge < -0.3 is 9.64 Å². The number of hydrogen-bond acceptors (Lipinski definition) is 3. The van der Waals surface area contributed by atoms with E-state index in [1.165, 1.54) is 0 Å². The zero-order valence-electron chi connectivity index (χ0n) is 10.6. The lowest BCUT2D eigenvalue weighted by molar-refractivity contribution is 0.112. The molecule has 0 fully saturated rings. The Balaban J connectivity index is 0.00000256. The molecule has 0 aliphatic rings. The van der Waals surface area contributed by atoms with Crippen molar-refractivity contribution in [2.24, 2.45) is 0 Å². The van der Waals surface area contributed by atoms with E-state index in [1.807, 2.05) is 26.2 Å². The number of ether oxygens (including phenoxy) is 1. The van der Waals surface area contributed by atoms with Gasteiger partial charge in [-0.3, -0.25) is 4.79 Å². The van der Waals surface area contributed by atoms with Gasteiger partial charge in [-0.15, -0.1) is 12.4 Å². The highest BCUT2D eigenvalue weighted by Gasteiger charge is 2.06. The molecule has 0 saturated heterocycles. The van der Waals surface area contributed by atoms with Crippen LogP contribution in [0, 0.1) is 0 Å². The zero-order chi connectivity index (χ0) is 12.0. The molecule has 0 aromatic heterocycles. The minimum absolute atomic E-state index is 0. The van der Waals surface area contributed by atoms with E-state index in [0.717, 1.165) is 30.6 Å². The number of carbonyl (C=O) groups is 1. The summed E-state index contributed by atoms with van der Waals surface area (Å²) in [5.74, 6) is 0.876. The molecule has 0 N–H and O–H groups in total. The summed E-state index contributed by atoms with van der Waals surface area (Å²) in [6.07, 6.45) is 1.85. The average molecular weight is 258 g/mol. The lowest BCUT2D eigenvalue weighted by atomic mass is 10.1. The Morgan fingerprint density at radius 3 is 2.59 bits per heavy atom.